The second kappa shape index (κ2) is 14.5. The summed E-state index contributed by atoms with van der Waals surface area (Å²) in [5.74, 6) is 2.74. The Morgan fingerprint density at radius 1 is 0.976 bits per heavy atom. The zero-order valence-corrected chi connectivity index (χ0v) is 25.6. The van der Waals surface area contributed by atoms with Gasteiger partial charge in [0.1, 0.15) is 0 Å². The van der Waals surface area contributed by atoms with Crippen molar-refractivity contribution in [1.29, 1.82) is 0 Å². The van der Waals surface area contributed by atoms with Gasteiger partial charge in [0.25, 0.3) is 5.91 Å². The number of amides is 2. The third-order valence-electron chi connectivity index (χ3n) is 7.54. The SMILES string of the molecule is CCOc1ccc(/C=C2/SC3CCC(C(=O)NCCc4ccc(OCC)c(OCC)c4)CC3N(C)C2=O)cc1OC. The molecule has 2 amide bonds. The lowest BCUT2D eigenvalue weighted by Crippen LogP contribution is -2.52. The molecule has 0 spiro atoms. The number of ether oxygens (including phenoxy) is 4. The lowest BCUT2D eigenvalue weighted by atomic mass is 9.83. The van der Waals surface area contributed by atoms with Gasteiger partial charge in [0.05, 0.1) is 31.8 Å². The molecule has 4 rings (SSSR count). The van der Waals surface area contributed by atoms with E-state index in [2.05, 4.69) is 5.32 Å². The predicted molar refractivity (Wildman–Crippen MR) is 163 cm³/mol. The second-order valence-corrected chi connectivity index (χ2v) is 11.5. The molecule has 9 heteroatoms. The largest absolute Gasteiger partial charge is 0.493 e. The number of benzene rings is 2. The summed E-state index contributed by atoms with van der Waals surface area (Å²) in [7, 11) is 3.47. The number of rotatable bonds is 12. The first kappa shape index (κ1) is 30.6. The van der Waals surface area contributed by atoms with E-state index in [4.69, 9.17) is 18.9 Å². The first-order valence-corrected chi connectivity index (χ1v) is 15.4. The number of methoxy groups -OCH3 is 1. The molecule has 1 aliphatic carbocycles. The van der Waals surface area contributed by atoms with E-state index in [1.165, 1.54) is 0 Å². The Labute approximate surface area is 247 Å². The summed E-state index contributed by atoms with van der Waals surface area (Å²) in [4.78, 5) is 29.0. The summed E-state index contributed by atoms with van der Waals surface area (Å²) in [5, 5.41) is 3.39. The van der Waals surface area contributed by atoms with Gasteiger partial charge in [-0.1, -0.05) is 12.1 Å². The number of fused-ring (bicyclic) bond motifs is 1. The molecular weight excluding hydrogens is 540 g/mol. The minimum absolute atomic E-state index is 0.00855. The molecule has 3 unspecified atom stereocenters. The quantitative estimate of drug-likeness (QED) is 0.339. The molecular formula is C32H42N2O6S. The van der Waals surface area contributed by atoms with Crippen molar-refractivity contribution in [3.05, 3.63) is 52.4 Å². The van der Waals surface area contributed by atoms with Crippen LogP contribution in [0.15, 0.2) is 41.3 Å². The second-order valence-electron chi connectivity index (χ2n) is 10.2. The number of thioether (sulfide) groups is 1. The van der Waals surface area contributed by atoms with E-state index >= 15 is 0 Å². The van der Waals surface area contributed by atoms with E-state index in [1.807, 2.05) is 75.2 Å². The molecule has 0 bridgehead atoms. The molecule has 3 atom stereocenters. The zero-order chi connectivity index (χ0) is 29.4. The highest BCUT2D eigenvalue weighted by Gasteiger charge is 2.42. The fraction of sp³-hybridized carbons (Fsp3) is 0.500. The van der Waals surface area contributed by atoms with Crippen LogP contribution in [0, 0.1) is 5.92 Å². The summed E-state index contributed by atoms with van der Waals surface area (Å²) < 4.78 is 22.5. The number of carbonyl (C=O) groups is 2. The van der Waals surface area contributed by atoms with E-state index in [0.29, 0.717) is 55.6 Å². The lowest BCUT2D eigenvalue weighted by molar-refractivity contribution is -0.131. The average Bonchev–Trinajstić information content (AvgIpc) is 2.98. The van der Waals surface area contributed by atoms with Gasteiger partial charge in [0.15, 0.2) is 23.0 Å². The van der Waals surface area contributed by atoms with E-state index in [0.717, 1.165) is 35.5 Å². The van der Waals surface area contributed by atoms with Gasteiger partial charge in [-0.3, -0.25) is 9.59 Å². The third kappa shape index (κ3) is 7.50. The maximum atomic E-state index is 13.3. The van der Waals surface area contributed by atoms with Crippen molar-refractivity contribution in [3.63, 3.8) is 0 Å². The van der Waals surface area contributed by atoms with Gasteiger partial charge in [0.2, 0.25) is 5.91 Å². The molecule has 8 nitrogen and oxygen atoms in total. The van der Waals surface area contributed by atoms with Crippen LogP contribution in [0.1, 0.15) is 51.2 Å². The van der Waals surface area contributed by atoms with Crippen molar-refractivity contribution in [2.24, 2.45) is 5.92 Å². The van der Waals surface area contributed by atoms with Crippen LogP contribution >= 0.6 is 11.8 Å². The summed E-state index contributed by atoms with van der Waals surface area (Å²) in [6.45, 7) is 8.06. The highest BCUT2D eigenvalue weighted by molar-refractivity contribution is 8.04. The topological polar surface area (TPSA) is 86.3 Å². The molecule has 1 heterocycles. The Balaban J connectivity index is 1.33. The maximum Gasteiger partial charge on any atom is 0.260 e. The molecule has 1 saturated carbocycles. The highest BCUT2D eigenvalue weighted by atomic mass is 32.2. The van der Waals surface area contributed by atoms with Crippen LogP contribution in [0.2, 0.25) is 0 Å². The fourth-order valence-corrected chi connectivity index (χ4v) is 6.94. The van der Waals surface area contributed by atoms with E-state index in [1.54, 1.807) is 18.9 Å². The van der Waals surface area contributed by atoms with Gasteiger partial charge in [-0.2, -0.15) is 0 Å². The van der Waals surface area contributed by atoms with Crippen molar-refractivity contribution in [2.75, 3.05) is 40.5 Å². The zero-order valence-electron chi connectivity index (χ0n) is 24.7. The normalized spacial score (nSPS) is 21.3. The standard InChI is InChI=1S/C32H42N2O6S/c1-6-38-25-13-10-22(18-27(25)37-5)19-30-32(36)34(4)24-20-23(11-14-29(24)41-30)31(35)33-16-15-21-9-12-26(39-7-2)28(17-21)40-8-3/h9-10,12-13,17-19,23-24,29H,6-8,11,14-16,20H2,1-5H3,(H,33,35)/b30-19+. The van der Waals surface area contributed by atoms with Gasteiger partial charge in [-0.05, 0) is 87.9 Å². The maximum absolute atomic E-state index is 13.3. The Morgan fingerprint density at radius 2 is 1.66 bits per heavy atom. The predicted octanol–water partition coefficient (Wildman–Crippen LogP) is 5.33. The van der Waals surface area contributed by atoms with Crippen LogP contribution in [0.4, 0.5) is 0 Å². The van der Waals surface area contributed by atoms with E-state index in [-0.39, 0.29) is 29.0 Å². The van der Waals surface area contributed by atoms with Gasteiger partial charge < -0.3 is 29.2 Å². The number of hydrogen-bond acceptors (Lipinski definition) is 7. The van der Waals surface area contributed by atoms with Crippen LogP contribution in [-0.4, -0.2) is 68.5 Å². The van der Waals surface area contributed by atoms with Gasteiger partial charge >= 0.3 is 0 Å². The molecule has 0 aromatic heterocycles. The average molecular weight is 583 g/mol. The lowest BCUT2D eigenvalue weighted by Gasteiger charge is -2.44. The molecule has 41 heavy (non-hydrogen) atoms. The molecule has 2 aliphatic rings. The van der Waals surface area contributed by atoms with Crippen LogP contribution in [-0.2, 0) is 16.0 Å². The summed E-state index contributed by atoms with van der Waals surface area (Å²) >= 11 is 1.63. The molecule has 2 fully saturated rings. The number of hydrogen-bond donors (Lipinski definition) is 1. The number of likely N-dealkylation sites (N-methyl/N-ethyl adjacent to an activating group) is 1. The van der Waals surface area contributed by atoms with Crippen LogP contribution in [0.3, 0.4) is 0 Å². The van der Waals surface area contributed by atoms with Crippen LogP contribution in [0.25, 0.3) is 6.08 Å². The summed E-state index contributed by atoms with van der Waals surface area (Å²) in [6.07, 6.45) is 4.99. The van der Waals surface area contributed by atoms with Crippen LogP contribution in [0.5, 0.6) is 23.0 Å². The Bertz CT molecular complexity index is 1250. The number of nitrogens with zero attached hydrogens (tertiary/aromatic N) is 1. The third-order valence-corrected chi connectivity index (χ3v) is 8.94. The van der Waals surface area contributed by atoms with E-state index in [9.17, 15) is 9.59 Å². The number of nitrogens with one attached hydrogen (secondary N) is 1. The van der Waals surface area contributed by atoms with Gasteiger partial charge in [-0.15, -0.1) is 11.8 Å². The molecule has 2 aromatic carbocycles. The Morgan fingerprint density at radius 3 is 2.37 bits per heavy atom. The fourth-order valence-electron chi connectivity index (χ4n) is 5.46. The van der Waals surface area contributed by atoms with Gasteiger partial charge in [-0.25, -0.2) is 0 Å². The minimum Gasteiger partial charge on any atom is -0.493 e. The molecule has 1 N–H and O–H groups in total. The van der Waals surface area contributed by atoms with Crippen molar-refractivity contribution in [2.45, 2.75) is 57.7 Å². The van der Waals surface area contributed by atoms with Gasteiger partial charge in [0, 0.05) is 30.8 Å². The summed E-state index contributed by atoms with van der Waals surface area (Å²) in [5.41, 5.74) is 1.97. The molecule has 1 saturated heterocycles. The van der Waals surface area contributed by atoms with Crippen LogP contribution < -0.4 is 24.3 Å². The van der Waals surface area contributed by atoms with Crippen molar-refractivity contribution < 1.29 is 28.5 Å². The first-order chi connectivity index (χ1) is 19.9. The first-order valence-electron chi connectivity index (χ1n) is 14.5. The van der Waals surface area contributed by atoms with Crippen molar-refractivity contribution in [1.82, 2.24) is 10.2 Å². The highest BCUT2D eigenvalue weighted by Crippen LogP contribution is 2.43. The smallest absolute Gasteiger partial charge is 0.260 e. The Hall–Kier alpha value is -3.33. The number of carbonyl (C=O) groups excluding carboxylic acids is 2. The monoisotopic (exact) mass is 582 g/mol. The molecule has 2 aromatic rings. The molecule has 222 valence electrons. The van der Waals surface area contributed by atoms with Crippen molar-refractivity contribution in [3.8, 4) is 23.0 Å². The summed E-state index contributed by atoms with van der Waals surface area (Å²) in [6, 6.07) is 11.7. The molecule has 1 aliphatic heterocycles. The Kier molecular flexibility index (Phi) is 10.9. The minimum atomic E-state index is -0.104. The molecule has 0 radical (unpaired) electrons. The van der Waals surface area contributed by atoms with Crippen molar-refractivity contribution >= 4 is 29.7 Å². The van der Waals surface area contributed by atoms with E-state index < -0.39 is 0 Å².